The Hall–Kier alpha value is -1.65. The maximum Gasteiger partial charge on any atom is 0.461 e. The van der Waals surface area contributed by atoms with E-state index >= 15 is 0 Å². The van der Waals surface area contributed by atoms with E-state index in [-0.39, 0.29) is 42.0 Å². The van der Waals surface area contributed by atoms with Crippen molar-refractivity contribution in [2.45, 2.75) is 54.5 Å². The summed E-state index contributed by atoms with van der Waals surface area (Å²) in [7, 11) is 0. The summed E-state index contributed by atoms with van der Waals surface area (Å²) in [5.74, 6) is -10.0. The third-order valence-electron chi connectivity index (χ3n) is 6.13. The number of hydrogen-bond acceptors (Lipinski definition) is 3. The minimum absolute atomic E-state index is 0.0591. The van der Waals surface area contributed by atoms with E-state index in [2.05, 4.69) is 5.32 Å². The zero-order valence-corrected chi connectivity index (χ0v) is 23.4. The standard InChI is InChI=1S/C25H19Cl5F5NO3/c26-13-8-12(9-14(27)10-13)20-21(23(20,29)30)22(39)36-15-6-7-17(28)16(11-15)18(37)4-2-1-3-5-19(38)24(31,32)25(33,34)35/h6-11,20-21H,1-5H2,(H,36,39). The van der Waals surface area contributed by atoms with Crippen LogP contribution in [0.4, 0.5) is 27.6 Å². The fourth-order valence-corrected chi connectivity index (χ4v) is 5.65. The number of halogens is 10. The van der Waals surface area contributed by atoms with Crippen LogP contribution in [0.3, 0.4) is 0 Å². The van der Waals surface area contributed by atoms with Gasteiger partial charge in [0.1, 0.15) is 4.33 Å². The van der Waals surface area contributed by atoms with Gasteiger partial charge in [-0.15, -0.1) is 23.2 Å². The SMILES string of the molecule is O=C(CCCCCC(=O)C(F)(F)C(F)(F)F)c1cc(NC(=O)C2C(c3cc(Cl)cc(Cl)c3)C2(Cl)Cl)ccc1Cl. The van der Waals surface area contributed by atoms with Crippen molar-refractivity contribution >= 4 is 81.2 Å². The quantitative estimate of drug-likeness (QED) is 0.114. The van der Waals surface area contributed by atoms with Gasteiger partial charge in [0.2, 0.25) is 11.7 Å². The van der Waals surface area contributed by atoms with Crippen LogP contribution in [0.25, 0.3) is 0 Å². The summed E-state index contributed by atoms with van der Waals surface area (Å²) in [5, 5.41) is 3.42. The number of anilines is 1. The van der Waals surface area contributed by atoms with Crippen molar-refractivity contribution < 1.29 is 36.3 Å². The van der Waals surface area contributed by atoms with E-state index in [0.29, 0.717) is 15.6 Å². The van der Waals surface area contributed by atoms with Crippen molar-refractivity contribution in [1.82, 2.24) is 0 Å². The highest BCUT2D eigenvalue weighted by Crippen LogP contribution is 2.65. The second kappa shape index (κ2) is 12.1. The van der Waals surface area contributed by atoms with Crippen molar-refractivity contribution in [3.63, 3.8) is 0 Å². The lowest BCUT2D eigenvalue weighted by atomic mass is 10.0. The zero-order chi connectivity index (χ0) is 29.3. The summed E-state index contributed by atoms with van der Waals surface area (Å²) in [6.45, 7) is 0. The molecule has 2 unspecified atom stereocenters. The molecule has 3 rings (SSSR count). The summed E-state index contributed by atoms with van der Waals surface area (Å²) in [6.07, 6.45) is -7.12. The highest BCUT2D eigenvalue weighted by molar-refractivity contribution is 6.53. The smallest absolute Gasteiger partial charge is 0.326 e. The van der Waals surface area contributed by atoms with E-state index in [0.717, 1.165) is 0 Å². The summed E-state index contributed by atoms with van der Waals surface area (Å²) >= 11 is 30.9. The van der Waals surface area contributed by atoms with Crippen LogP contribution in [0.2, 0.25) is 15.1 Å². The first kappa shape index (κ1) is 31.9. The molecule has 1 fully saturated rings. The number of nitrogens with one attached hydrogen (secondary N) is 1. The van der Waals surface area contributed by atoms with E-state index in [1.807, 2.05) is 0 Å². The lowest BCUT2D eigenvalue weighted by molar-refractivity contribution is -0.268. The Morgan fingerprint density at radius 1 is 0.846 bits per heavy atom. The molecule has 39 heavy (non-hydrogen) atoms. The molecule has 0 heterocycles. The predicted molar refractivity (Wildman–Crippen MR) is 141 cm³/mol. The maximum atomic E-state index is 13.0. The van der Waals surface area contributed by atoms with E-state index in [4.69, 9.17) is 58.0 Å². The summed E-state index contributed by atoms with van der Waals surface area (Å²) in [4.78, 5) is 36.8. The number of amides is 1. The molecule has 212 valence electrons. The highest BCUT2D eigenvalue weighted by Gasteiger charge is 2.67. The highest BCUT2D eigenvalue weighted by atomic mass is 35.5. The molecule has 2 aromatic carbocycles. The minimum Gasteiger partial charge on any atom is -0.326 e. The second-order valence-corrected chi connectivity index (χ2v) is 11.7. The molecule has 1 amide bonds. The van der Waals surface area contributed by atoms with Crippen LogP contribution in [-0.4, -0.2) is 33.9 Å². The van der Waals surface area contributed by atoms with Gasteiger partial charge in [-0.1, -0.05) is 41.2 Å². The van der Waals surface area contributed by atoms with Crippen molar-refractivity contribution in [3.05, 3.63) is 62.6 Å². The number of alkyl halides is 7. The zero-order valence-electron chi connectivity index (χ0n) is 19.7. The molecular formula is C25H19Cl5F5NO3. The number of Topliss-reactive ketones (excluding diaryl/α,β-unsaturated/α-hetero) is 2. The molecule has 4 nitrogen and oxygen atoms in total. The maximum absolute atomic E-state index is 13.0. The molecule has 0 spiro atoms. The van der Waals surface area contributed by atoms with Crippen LogP contribution < -0.4 is 5.32 Å². The predicted octanol–water partition coefficient (Wildman–Crippen LogP) is 9.07. The lowest BCUT2D eigenvalue weighted by Crippen LogP contribution is -2.43. The van der Waals surface area contributed by atoms with E-state index in [1.54, 1.807) is 12.1 Å². The van der Waals surface area contributed by atoms with Gasteiger partial charge < -0.3 is 5.32 Å². The number of carbonyl (C=O) groups is 3. The number of benzene rings is 2. The van der Waals surface area contributed by atoms with Gasteiger partial charge in [0.15, 0.2) is 5.78 Å². The number of ketones is 2. The van der Waals surface area contributed by atoms with Crippen LogP contribution in [-0.2, 0) is 9.59 Å². The van der Waals surface area contributed by atoms with Gasteiger partial charge in [0, 0.05) is 40.1 Å². The van der Waals surface area contributed by atoms with Crippen molar-refractivity contribution in [2.75, 3.05) is 5.32 Å². The molecule has 1 aliphatic rings. The average molecular weight is 654 g/mol. The second-order valence-electron chi connectivity index (χ2n) is 9.00. The van der Waals surface area contributed by atoms with Gasteiger partial charge in [0.05, 0.1) is 10.9 Å². The molecule has 0 radical (unpaired) electrons. The van der Waals surface area contributed by atoms with Crippen LogP contribution in [0.15, 0.2) is 36.4 Å². The molecule has 0 saturated heterocycles. The Labute approximate surface area is 245 Å². The molecule has 0 aliphatic heterocycles. The van der Waals surface area contributed by atoms with Crippen molar-refractivity contribution in [3.8, 4) is 0 Å². The van der Waals surface area contributed by atoms with Crippen molar-refractivity contribution in [1.29, 1.82) is 0 Å². The third-order valence-corrected chi connectivity index (χ3v) is 7.83. The van der Waals surface area contributed by atoms with Crippen LogP contribution in [0.1, 0.15) is 53.9 Å². The first-order valence-electron chi connectivity index (χ1n) is 11.4. The molecule has 0 bridgehead atoms. The number of unbranched alkanes of at least 4 members (excludes halogenated alkanes) is 2. The van der Waals surface area contributed by atoms with Gasteiger partial charge >= 0.3 is 12.1 Å². The normalized spacial score (nSPS) is 18.5. The topological polar surface area (TPSA) is 63.2 Å². The molecule has 1 aliphatic carbocycles. The monoisotopic (exact) mass is 651 g/mol. The van der Waals surface area contributed by atoms with Gasteiger partial charge in [-0.3, -0.25) is 14.4 Å². The molecule has 1 N–H and O–H groups in total. The molecule has 1 saturated carbocycles. The molecule has 0 aromatic heterocycles. The summed E-state index contributed by atoms with van der Waals surface area (Å²) in [5.41, 5.74) is 0.867. The van der Waals surface area contributed by atoms with Crippen LogP contribution in [0.5, 0.6) is 0 Å². The first-order valence-corrected chi connectivity index (χ1v) is 13.3. The fraction of sp³-hybridized carbons (Fsp3) is 0.400. The van der Waals surface area contributed by atoms with Gasteiger partial charge in [-0.2, -0.15) is 22.0 Å². The van der Waals surface area contributed by atoms with E-state index in [1.165, 1.54) is 24.3 Å². The van der Waals surface area contributed by atoms with Crippen LogP contribution >= 0.6 is 58.0 Å². The Kier molecular flexibility index (Phi) is 9.86. The summed E-state index contributed by atoms with van der Waals surface area (Å²) < 4.78 is 61.3. The van der Waals surface area contributed by atoms with Gasteiger partial charge in [-0.25, -0.2) is 0 Å². The molecule has 2 atom stereocenters. The van der Waals surface area contributed by atoms with Gasteiger partial charge in [-0.05, 0) is 54.8 Å². The largest absolute Gasteiger partial charge is 0.461 e. The van der Waals surface area contributed by atoms with Crippen LogP contribution in [0, 0.1) is 5.92 Å². The van der Waals surface area contributed by atoms with E-state index in [9.17, 15) is 36.3 Å². The number of carbonyl (C=O) groups excluding carboxylic acids is 3. The Balaban J connectivity index is 1.56. The third kappa shape index (κ3) is 7.36. The first-order chi connectivity index (χ1) is 18.0. The summed E-state index contributed by atoms with van der Waals surface area (Å²) in [6, 6.07) is 8.91. The average Bonchev–Trinajstić information content (AvgIpc) is 3.40. The molecule has 2 aromatic rings. The Bertz CT molecular complexity index is 1260. The van der Waals surface area contributed by atoms with Crippen molar-refractivity contribution in [2.24, 2.45) is 5.92 Å². The molecule has 14 heteroatoms. The minimum atomic E-state index is -5.95. The lowest BCUT2D eigenvalue weighted by Gasteiger charge is -2.17. The number of hydrogen-bond donors (Lipinski definition) is 1. The van der Waals surface area contributed by atoms with E-state index < -0.39 is 52.2 Å². The Morgan fingerprint density at radius 3 is 2.03 bits per heavy atom. The Morgan fingerprint density at radius 2 is 1.44 bits per heavy atom. The van der Waals surface area contributed by atoms with Gasteiger partial charge in [0.25, 0.3) is 0 Å². The number of rotatable bonds is 11. The molecular weight excluding hydrogens is 635 g/mol. The fourth-order valence-electron chi connectivity index (χ4n) is 4.06.